The molecule has 0 aromatic heterocycles. The van der Waals surface area contributed by atoms with E-state index in [1.165, 1.54) is 30.3 Å². The van der Waals surface area contributed by atoms with Crippen LogP contribution in [-0.4, -0.2) is 4.92 Å². The van der Waals surface area contributed by atoms with E-state index >= 15 is 0 Å². The van der Waals surface area contributed by atoms with Gasteiger partial charge in [0, 0.05) is 29.7 Å². The number of rotatable bonds is 5. The van der Waals surface area contributed by atoms with Crippen LogP contribution in [0.4, 0.5) is 10.1 Å². The Labute approximate surface area is 126 Å². The number of nitrogens with one attached hydrogen (secondary N) is 1. The Morgan fingerprint density at radius 3 is 2.57 bits per heavy atom. The zero-order valence-corrected chi connectivity index (χ0v) is 12.1. The molecule has 0 saturated heterocycles. The van der Waals surface area contributed by atoms with Gasteiger partial charge in [-0.3, -0.25) is 10.1 Å². The van der Waals surface area contributed by atoms with Gasteiger partial charge in [0.25, 0.3) is 5.69 Å². The van der Waals surface area contributed by atoms with E-state index < -0.39 is 4.92 Å². The lowest BCUT2D eigenvalue weighted by molar-refractivity contribution is -0.384. The first-order chi connectivity index (χ1) is 9.97. The Morgan fingerprint density at radius 1 is 1.29 bits per heavy atom. The quantitative estimate of drug-likeness (QED) is 0.664. The number of halogens is 2. The van der Waals surface area contributed by atoms with Gasteiger partial charge in [-0.2, -0.15) is 0 Å². The van der Waals surface area contributed by atoms with Gasteiger partial charge in [-0.05, 0) is 36.2 Å². The molecule has 2 rings (SSSR count). The van der Waals surface area contributed by atoms with Gasteiger partial charge in [0.15, 0.2) is 0 Å². The van der Waals surface area contributed by atoms with E-state index in [9.17, 15) is 14.5 Å². The van der Waals surface area contributed by atoms with E-state index in [-0.39, 0.29) is 17.5 Å². The topological polar surface area (TPSA) is 55.2 Å². The standard InChI is InChI=1S/C15H14ClFN2O2/c1-10(11-2-4-13(17)5-3-11)18-9-12-8-14(19(20)21)6-7-15(12)16/h2-8,10,18H,9H2,1H3. The van der Waals surface area contributed by atoms with Crippen LogP contribution in [0.2, 0.25) is 5.02 Å². The Bertz CT molecular complexity index is 647. The molecular formula is C15H14ClFN2O2. The predicted octanol–water partition coefficient (Wildman–Crippen LogP) is 4.24. The van der Waals surface area contributed by atoms with Crippen molar-refractivity contribution in [2.24, 2.45) is 0 Å². The zero-order valence-electron chi connectivity index (χ0n) is 11.3. The first kappa shape index (κ1) is 15.4. The number of benzene rings is 2. The van der Waals surface area contributed by atoms with Crippen LogP contribution in [0.15, 0.2) is 42.5 Å². The zero-order chi connectivity index (χ0) is 15.4. The van der Waals surface area contributed by atoms with E-state index in [2.05, 4.69) is 5.32 Å². The maximum atomic E-state index is 12.9. The van der Waals surface area contributed by atoms with Crippen molar-refractivity contribution in [3.8, 4) is 0 Å². The normalized spacial score (nSPS) is 12.1. The summed E-state index contributed by atoms with van der Waals surface area (Å²) in [5.74, 6) is -0.285. The fourth-order valence-electron chi connectivity index (χ4n) is 1.94. The molecule has 1 atom stereocenters. The summed E-state index contributed by atoms with van der Waals surface area (Å²) in [5.41, 5.74) is 1.59. The number of hydrogen-bond donors (Lipinski definition) is 1. The molecule has 2 aromatic rings. The van der Waals surface area contributed by atoms with Crippen molar-refractivity contribution in [3.63, 3.8) is 0 Å². The van der Waals surface area contributed by atoms with E-state index in [0.29, 0.717) is 17.1 Å². The molecule has 0 spiro atoms. The van der Waals surface area contributed by atoms with Crippen molar-refractivity contribution in [2.45, 2.75) is 19.5 Å². The number of nitro benzene ring substituents is 1. The van der Waals surface area contributed by atoms with Crippen molar-refractivity contribution >= 4 is 17.3 Å². The lowest BCUT2D eigenvalue weighted by Gasteiger charge is -2.15. The van der Waals surface area contributed by atoms with Crippen LogP contribution >= 0.6 is 11.6 Å². The third kappa shape index (κ3) is 4.00. The SMILES string of the molecule is CC(NCc1cc([N+](=O)[O-])ccc1Cl)c1ccc(F)cc1. The first-order valence-corrected chi connectivity index (χ1v) is 6.77. The average molecular weight is 309 g/mol. The lowest BCUT2D eigenvalue weighted by Crippen LogP contribution is -2.18. The van der Waals surface area contributed by atoms with Crippen molar-refractivity contribution in [1.82, 2.24) is 5.32 Å². The highest BCUT2D eigenvalue weighted by Gasteiger charge is 2.11. The first-order valence-electron chi connectivity index (χ1n) is 6.39. The molecule has 1 unspecified atom stereocenters. The summed E-state index contributed by atoms with van der Waals surface area (Å²) in [6.07, 6.45) is 0. The Morgan fingerprint density at radius 2 is 1.95 bits per heavy atom. The Kier molecular flexibility index (Phi) is 4.88. The number of non-ortho nitro benzene ring substituents is 1. The maximum Gasteiger partial charge on any atom is 0.269 e. The molecule has 110 valence electrons. The molecule has 6 heteroatoms. The van der Waals surface area contributed by atoms with Crippen LogP contribution in [0.3, 0.4) is 0 Å². The van der Waals surface area contributed by atoms with Gasteiger partial charge in [0.05, 0.1) is 4.92 Å². The summed E-state index contributed by atoms with van der Waals surface area (Å²) >= 11 is 6.04. The van der Waals surface area contributed by atoms with Gasteiger partial charge >= 0.3 is 0 Å². The molecule has 0 heterocycles. The Hall–Kier alpha value is -1.98. The van der Waals surface area contributed by atoms with Gasteiger partial charge in [0.2, 0.25) is 0 Å². The molecule has 0 bridgehead atoms. The van der Waals surface area contributed by atoms with E-state index in [1.807, 2.05) is 6.92 Å². The molecular weight excluding hydrogens is 295 g/mol. The van der Waals surface area contributed by atoms with Gasteiger partial charge < -0.3 is 5.32 Å². The average Bonchev–Trinajstić information content (AvgIpc) is 2.46. The van der Waals surface area contributed by atoms with Crippen molar-refractivity contribution in [1.29, 1.82) is 0 Å². The second kappa shape index (κ2) is 6.65. The molecule has 1 N–H and O–H groups in total. The van der Waals surface area contributed by atoms with Gasteiger partial charge in [-0.1, -0.05) is 23.7 Å². The minimum atomic E-state index is -0.455. The number of hydrogen-bond acceptors (Lipinski definition) is 3. The second-order valence-electron chi connectivity index (χ2n) is 4.69. The predicted molar refractivity (Wildman–Crippen MR) is 79.8 cm³/mol. The minimum Gasteiger partial charge on any atom is -0.306 e. The molecule has 21 heavy (non-hydrogen) atoms. The van der Waals surface area contributed by atoms with Crippen LogP contribution in [0.1, 0.15) is 24.1 Å². The van der Waals surface area contributed by atoms with Crippen LogP contribution in [0.5, 0.6) is 0 Å². The third-order valence-corrected chi connectivity index (χ3v) is 3.58. The lowest BCUT2D eigenvalue weighted by atomic mass is 10.1. The summed E-state index contributed by atoms with van der Waals surface area (Å²) < 4.78 is 12.9. The molecule has 0 aliphatic carbocycles. The molecule has 0 fully saturated rings. The molecule has 0 radical (unpaired) electrons. The van der Waals surface area contributed by atoms with Crippen LogP contribution in [-0.2, 0) is 6.54 Å². The van der Waals surface area contributed by atoms with Crippen LogP contribution < -0.4 is 5.32 Å². The molecule has 0 amide bonds. The van der Waals surface area contributed by atoms with Crippen molar-refractivity contribution < 1.29 is 9.31 Å². The number of nitro groups is 1. The highest BCUT2D eigenvalue weighted by atomic mass is 35.5. The minimum absolute atomic E-state index is 0.00522. The Balaban J connectivity index is 2.07. The summed E-state index contributed by atoms with van der Waals surface area (Å²) in [4.78, 5) is 10.3. The fourth-order valence-corrected chi connectivity index (χ4v) is 2.13. The largest absolute Gasteiger partial charge is 0.306 e. The number of nitrogens with zero attached hydrogens (tertiary/aromatic N) is 1. The van der Waals surface area contributed by atoms with E-state index in [4.69, 9.17) is 11.6 Å². The summed E-state index contributed by atoms with van der Waals surface area (Å²) in [5, 5.41) is 14.4. The van der Waals surface area contributed by atoms with E-state index in [0.717, 1.165) is 5.56 Å². The highest BCUT2D eigenvalue weighted by molar-refractivity contribution is 6.31. The summed E-state index contributed by atoms with van der Waals surface area (Å²) in [6.45, 7) is 2.32. The molecule has 2 aromatic carbocycles. The summed E-state index contributed by atoms with van der Waals surface area (Å²) in [7, 11) is 0. The van der Waals surface area contributed by atoms with Crippen molar-refractivity contribution in [2.75, 3.05) is 0 Å². The monoisotopic (exact) mass is 308 g/mol. The van der Waals surface area contributed by atoms with Crippen LogP contribution in [0, 0.1) is 15.9 Å². The fraction of sp³-hybridized carbons (Fsp3) is 0.200. The maximum absolute atomic E-state index is 12.9. The van der Waals surface area contributed by atoms with Crippen molar-refractivity contribution in [3.05, 3.63) is 74.5 Å². The van der Waals surface area contributed by atoms with Crippen LogP contribution in [0.25, 0.3) is 0 Å². The smallest absolute Gasteiger partial charge is 0.269 e. The van der Waals surface area contributed by atoms with Gasteiger partial charge in [-0.25, -0.2) is 4.39 Å². The van der Waals surface area contributed by atoms with Gasteiger partial charge in [0.1, 0.15) is 5.82 Å². The second-order valence-corrected chi connectivity index (χ2v) is 5.09. The molecule has 0 saturated carbocycles. The highest BCUT2D eigenvalue weighted by Crippen LogP contribution is 2.23. The molecule has 4 nitrogen and oxygen atoms in total. The van der Waals surface area contributed by atoms with E-state index in [1.54, 1.807) is 12.1 Å². The molecule has 0 aliphatic rings. The van der Waals surface area contributed by atoms with Gasteiger partial charge in [-0.15, -0.1) is 0 Å². The molecule has 0 aliphatic heterocycles. The summed E-state index contributed by atoms with van der Waals surface area (Å²) in [6, 6.07) is 10.5. The third-order valence-electron chi connectivity index (χ3n) is 3.21.